The fraction of sp³-hybridized carbons (Fsp3) is 0.214. The van der Waals surface area contributed by atoms with Crippen LogP contribution < -0.4 is 5.32 Å². The van der Waals surface area contributed by atoms with Gasteiger partial charge in [-0.05, 0) is 37.6 Å². The molecule has 1 aromatic carbocycles. The van der Waals surface area contributed by atoms with Gasteiger partial charge in [-0.15, -0.1) is 0 Å². The van der Waals surface area contributed by atoms with Crippen molar-refractivity contribution in [3.8, 4) is 6.07 Å². The van der Waals surface area contributed by atoms with Crippen LogP contribution in [0.3, 0.4) is 0 Å². The molecule has 0 saturated carbocycles. The molecular formula is C14H14N2O. The van der Waals surface area contributed by atoms with E-state index in [0.29, 0.717) is 5.56 Å². The van der Waals surface area contributed by atoms with Gasteiger partial charge in [-0.2, -0.15) is 5.26 Å². The van der Waals surface area contributed by atoms with Crippen LogP contribution in [-0.4, -0.2) is 0 Å². The summed E-state index contributed by atoms with van der Waals surface area (Å²) >= 11 is 0. The Kier molecular flexibility index (Phi) is 3.15. The summed E-state index contributed by atoms with van der Waals surface area (Å²) in [7, 11) is 0. The second-order valence-electron chi connectivity index (χ2n) is 3.99. The van der Waals surface area contributed by atoms with E-state index in [1.54, 1.807) is 6.26 Å². The molecule has 2 rings (SSSR count). The number of anilines is 1. The molecule has 1 heterocycles. The van der Waals surface area contributed by atoms with Crippen LogP contribution in [0.15, 0.2) is 41.0 Å². The van der Waals surface area contributed by atoms with E-state index < -0.39 is 0 Å². The predicted molar refractivity (Wildman–Crippen MR) is 66.6 cm³/mol. The molecule has 0 amide bonds. The van der Waals surface area contributed by atoms with Gasteiger partial charge in [0, 0.05) is 0 Å². The highest BCUT2D eigenvalue weighted by Gasteiger charge is 2.11. The third-order valence-corrected chi connectivity index (χ3v) is 2.72. The zero-order chi connectivity index (χ0) is 12.3. The van der Waals surface area contributed by atoms with Gasteiger partial charge in [0.2, 0.25) is 0 Å². The maximum absolute atomic E-state index is 9.07. The number of nitrogens with one attached hydrogen (secondary N) is 1. The highest BCUT2D eigenvalue weighted by molar-refractivity contribution is 5.62. The Morgan fingerprint density at radius 3 is 2.76 bits per heavy atom. The van der Waals surface area contributed by atoms with E-state index in [0.717, 1.165) is 17.0 Å². The quantitative estimate of drug-likeness (QED) is 0.869. The molecule has 1 aromatic heterocycles. The molecule has 1 N–H and O–H groups in total. The van der Waals surface area contributed by atoms with Gasteiger partial charge < -0.3 is 9.73 Å². The fourth-order valence-corrected chi connectivity index (χ4v) is 1.78. The number of nitriles is 1. The fourth-order valence-electron chi connectivity index (χ4n) is 1.78. The highest BCUT2D eigenvalue weighted by Crippen LogP contribution is 2.25. The lowest BCUT2D eigenvalue weighted by molar-refractivity contribution is 0.490. The van der Waals surface area contributed by atoms with Crippen LogP contribution >= 0.6 is 0 Å². The molecule has 0 aliphatic heterocycles. The van der Waals surface area contributed by atoms with Crippen LogP contribution in [0.1, 0.15) is 29.9 Å². The molecular weight excluding hydrogens is 212 g/mol. The topological polar surface area (TPSA) is 49.0 Å². The van der Waals surface area contributed by atoms with E-state index in [4.69, 9.17) is 9.68 Å². The lowest BCUT2D eigenvalue weighted by atomic mass is 10.1. The minimum atomic E-state index is 0.0400. The number of benzene rings is 1. The molecule has 0 bridgehead atoms. The Labute approximate surface area is 101 Å². The third kappa shape index (κ3) is 2.31. The smallest absolute Gasteiger partial charge is 0.125 e. The first-order chi connectivity index (χ1) is 8.22. The lowest BCUT2D eigenvalue weighted by Crippen LogP contribution is -2.08. The molecule has 3 heteroatoms. The Morgan fingerprint density at radius 2 is 2.12 bits per heavy atom. The van der Waals surface area contributed by atoms with Crippen LogP contribution in [0.5, 0.6) is 0 Å². The van der Waals surface area contributed by atoms with Crippen LogP contribution in [0.25, 0.3) is 0 Å². The second-order valence-corrected chi connectivity index (χ2v) is 3.99. The van der Waals surface area contributed by atoms with Crippen molar-refractivity contribution in [1.29, 1.82) is 5.26 Å². The van der Waals surface area contributed by atoms with Gasteiger partial charge in [0.25, 0.3) is 0 Å². The molecule has 0 radical (unpaired) electrons. The van der Waals surface area contributed by atoms with Crippen molar-refractivity contribution in [2.45, 2.75) is 19.9 Å². The van der Waals surface area contributed by atoms with Crippen molar-refractivity contribution in [3.63, 3.8) is 0 Å². The number of hydrogen-bond acceptors (Lipinski definition) is 3. The monoisotopic (exact) mass is 226 g/mol. The lowest BCUT2D eigenvalue weighted by Gasteiger charge is -2.16. The predicted octanol–water partition coefficient (Wildman–Crippen LogP) is 3.63. The Hall–Kier alpha value is -2.21. The van der Waals surface area contributed by atoms with Crippen molar-refractivity contribution < 1.29 is 4.42 Å². The maximum atomic E-state index is 9.07. The average Bonchev–Trinajstić information content (AvgIpc) is 2.85. The molecule has 0 aliphatic carbocycles. The summed E-state index contributed by atoms with van der Waals surface area (Å²) in [5.74, 6) is 0.858. The van der Waals surface area contributed by atoms with Crippen molar-refractivity contribution >= 4 is 5.69 Å². The largest absolute Gasteiger partial charge is 0.467 e. The first-order valence-electron chi connectivity index (χ1n) is 5.52. The number of nitrogens with zero attached hydrogens (tertiary/aromatic N) is 1. The third-order valence-electron chi connectivity index (χ3n) is 2.72. The number of rotatable bonds is 3. The van der Waals surface area contributed by atoms with Crippen molar-refractivity contribution in [2.75, 3.05) is 5.32 Å². The number of furan rings is 1. The van der Waals surface area contributed by atoms with E-state index in [2.05, 4.69) is 11.4 Å². The van der Waals surface area contributed by atoms with E-state index in [-0.39, 0.29) is 6.04 Å². The summed E-state index contributed by atoms with van der Waals surface area (Å²) in [5.41, 5.74) is 2.59. The molecule has 0 spiro atoms. The van der Waals surface area contributed by atoms with E-state index in [1.807, 2.05) is 44.2 Å². The van der Waals surface area contributed by atoms with E-state index >= 15 is 0 Å². The van der Waals surface area contributed by atoms with E-state index in [1.165, 1.54) is 0 Å². The summed E-state index contributed by atoms with van der Waals surface area (Å²) in [6, 6.07) is 11.7. The number of aryl methyl sites for hydroxylation is 1. The summed E-state index contributed by atoms with van der Waals surface area (Å²) < 4.78 is 5.34. The first kappa shape index (κ1) is 11.3. The molecule has 17 heavy (non-hydrogen) atoms. The molecule has 0 saturated heterocycles. The van der Waals surface area contributed by atoms with Gasteiger partial charge in [0.05, 0.1) is 23.6 Å². The summed E-state index contributed by atoms with van der Waals surface area (Å²) in [6.45, 7) is 3.99. The molecule has 0 fully saturated rings. The number of para-hydroxylation sites is 1. The highest BCUT2D eigenvalue weighted by atomic mass is 16.3. The summed E-state index contributed by atoms with van der Waals surface area (Å²) in [6.07, 6.45) is 1.65. The normalized spacial score (nSPS) is 11.8. The van der Waals surface area contributed by atoms with Crippen LogP contribution in [0.2, 0.25) is 0 Å². The van der Waals surface area contributed by atoms with Gasteiger partial charge in [-0.3, -0.25) is 0 Å². The Balaban J connectivity index is 2.28. The van der Waals surface area contributed by atoms with Crippen LogP contribution in [0, 0.1) is 18.3 Å². The van der Waals surface area contributed by atoms with E-state index in [9.17, 15) is 0 Å². The second kappa shape index (κ2) is 4.75. The molecule has 86 valence electrons. The molecule has 3 nitrogen and oxygen atoms in total. The average molecular weight is 226 g/mol. The number of hydrogen-bond donors (Lipinski definition) is 1. The van der Waals surface area contributed by atoms with Crippen LogP contribution in [0.4, 0.5) is 5.69 Å². The zero-order valence-electron chi connectivity index (χ0n) is 9.90. The molecule has 1 unspecified atom stereocenters. The molecule has 2 aromatic rings. The van der Waals surface area contributed by atoms with Crippen molar-refractivity contribution in [3.05, 3.63) is 53.5 Å². The van der Waals surface area contributed by atoms with Crippen LogP contribution in [-0.2, 0) is 0 Å². The van der Waals surface area contributed by atoms with Gasteiger partial charge >= 0.3 is 0 Å². The Morgan fingerprint density at radius 1 is 1.29 bits per heavy atom. The van der Waals surface area contributed by atoms with Gasteiger partial charge in [0.15, 0.2) is 0 Å². The van der Waals surface area contributed by atoms with Gasteiger partial charge in [0.1, 0.15) is 11.8 Å². The minimum absolute atomic E-state index is 0.0400. The first-order valence-corrected chi connectivity index (χ1v) is 5.52. The van der Waals surface area contributed by atoms with Gasteiger partial charge in [-0.1, -0.05) is 12.1 Å². The SMILES string of the molecule is Cc1cccc(C#N)c1NC(C)c1ccco1. The standard InChI is InChI=1S/C14H14N2O/c1-10-5-3-6-12(9-15)14(10)16-11(2)13-7-4-8-17-13/h3-8,11,16H,1-2H3. The minimum Gasteiger partial charge on any atom is -0.467 e. The molecule has 1 atom stereocenters. The Bertz CT molecular complexity index is 538. The summed E-state index contributed by atoms with van der Waals surface area (Å²) in [4.78, 5) is 0. The maximum Gasteiger partial charge on any atom is 0.125 e. The van der Waals surface area contributed by atoms with Crippen molar-refractivity contribution in [1.82, 2.24) is 0 Å². The molecule has 0 aliphatic rings. The van der Waals surface area contributed by atoms with Gasteiger partial charge in [-0.25, -0.2) is 0 Å². The summed E-state index contributed by atoms with van der Waals surface area (Å²) in [5, 5.41) is 12.4. The zero-order valence-corrected chi connectivity index (χ0v) is 9.90. The van der Waals surface area contributed by atoms with Crippen molar-refractivity contribution in [2.24, 2.45) is 0 Å².